The molecule has 7 aromatic carbocycles. The van der Waals surface area contributed by atoms with E-state index in [-0.39, 0.29) is 50.4 Å². The quantitative estimate of drug-likeness (QED) is 0.0393. The van der Waals surface area contributed by atoms with Crippen molar-refractivity contribution in [2.75, 3.05) is 5.12 Å². The maximum atomic E-state index is 12.7. The Morgan fingerprint density at radius 3 is 1.48 bits per heavy atom. The molecule has 7 N–H and O–H groups in total. The number of aryl methyl sites for hydroxylation is 3. The molecule has 32 heteroatoms. The number of benzene rings is 7. The lowest BCUT2D eigenvalue weighted by Crippen LogP contribution is -2.38. The Labute approximate surface area is 448 Å². The van der Waals surface area contributed by atoms with Crippen molar-refractivity contribution in [1.29, 1.82) is 0 Å². The fraction of sp³-hybridized carbons (Fsp3) is 0.0851. The number of hydrazine groups is 1. The number of nitrogens with one attached hydrogen (secondary N) is 1. The molecule has 1 atom stereocenters. The molecule has 1 aliphatic heterocycles. The van der Waals surface area contributed by atoms with E-state index in [1.54, 1.807) is 63.2 Å². The molecule has 0 radical (unpaired) electrons. The van der Waals surface area contributed by atoms with Crippen LogP contribution in [0, 0.1) is 20.8 Å². The van der Waals surface area contributed by atoms with Gasteiger partial charge in [-0.2, -0.15) is 88.4 Å². The first-order chi connectivity index (χ1) is 36.9. The molecule has 1 aliphatic carbocycles. The summed E-state index contributed by atoms with van der Waals surface area (Å²) in [5.74, 6) is -0.659. The molecule has 0 amide bonds. The van der Waals surface area contributed by atoms with Gasteiger partial charge in [0.05, 0.1) is 61.4 Å². The molecule has 406 valence electrons. The van der Waals surface area contributed by atoms with Gasteiger partial charge in [-0.3, -0.25) is 22.8 Å². The van der Waals surface area contributed by atoms with Gasteiger partial charge < -0.3 is 5.11 Å². The van der Waals surface area contributed by atoms with Crippen LogP contribution in [0.25, 0.3) is 16.8 Å². The number of azo groups is 4. The number of rotatable bonds is 14. The van der Waals surface area contributed by atoms with Crippen molar-refractivity contribution in [1.82, 2.24) is 5.43 Å². The Bertz CT molecular complexity index is 4570. The van der Waals surface area contributed by atoms with Crippen molar-refractivity contribution >= 4 is 124 Å². The molecule has 2 aliphatic rings. The van der Waals surface area contributed by atoms with E-state index in [1.807, 2.05) is 0 Å². The Balaban J connectivity index is 0.891. The van der Waals surface area contributed by atoms with Gasteiger partial charge in [0, 0.05) is 16.5 Å². The van der Waals surface area contributed by atoms with Crippen LogP contribution in [0.2, 0.25) is 0 Å². The maximum absolute atomic E-state index is 12.7. The zero-order valence-corrected chi connectivity index (χ0v) is 44.5. The highest BCUT2D eigenvalue weighted by molar-refractivity contribution is 7.87. The molecule has 0 bridgehead atoms. The summed E-state index contributed by atoms with van der Waals surface area (Å²) in [6.07, 6.45) is 2.80. The van der Waals surface area contributed by atoms with Crippen molar-refractivity contribution in [3.05, 3.63) is 143 Å². The van der Waals surface area contributed by atoms with Gasteiger partial charge in [-0.15, -0.1) is 10.2 Å². The molecule has 0 saturated carbocycles. The van der Waals surface area contributed by atoms with Crippen LogP contribution in [-0.2, 0) is 50.6 Å². The molecule has 0 saturated heterocycles. The lowest BCUT2D eigenvalue weighted by Gasteiger charge is -2.20. The van der Waals surface area contributed by atoms with Gasteiger partial charge in [-0.1, -0.05) is 12.2 Å². The standard InChI is InChI=1S/C47H37N11O16S5/c1-24-16-28(4-11-37(24)51-50-30-6-12-38(25(2)18-30)52-54-40-14-8-32(75(60,61)62)22-43(40)78(69,70)71)48-49-29-5-13-39(26(3)17-29)53-55-46-44(79(72,73)74)20-27-19-31(7-9-34(27)47(46)59)58-56-41-15-10-35-36(45(41)57-58)21-33(76(63,64)65)23-42(35)77(66,67)68/h4-23,41,56,59H,1-3H3,(H,60,61,62)(H,63,64,65)(H,66,67,68)(H,69,70,71)(H,72,73,74). The molecule has 27 nitrogen and oxygen atoms in total. The third kappa shape index (κ3) is 11.9. The van der Waals surface area contributed by atoms with Gasteiger partial charge >= 0.3 is 0 Å². The first-order valence-corrected chi connectivity index (χ1v) is 29.4. The first kappa shape index (κ1) is 55.5. The fourth-order valence-corrected chi connectivity index (χ4v) is 11.2. The second-order valence-corrected chi connectivity index (χ2v) is 24.4. The van der Waals surface area contributed by atoms with Gasteiger partial charge in [0.2, 0.25) is 0 Å². The Morgan fingerprint density at radius 1 is 0.481 bits per heavy atom. The topological polar surface area (TPSA) is 419 Å². The minimum Gasteiger partial charge on any atom is -0.505 e. The number of fused-ring (bicyclic) bond motifs is 4. The van der Waals surface area contributed by atoms with Crippen molar-refractivity contribution in [3.8, 4) is 5.75 Å². The Kier molecular flexibility index (Phi) is 14.4. The van der Waals surface area contributed by atoms with Gasteiger partial charge in [-0.05, 0) is 152 Å². The van der Waals surface area contributed by atoms with Gasteiger partial charge in [0.1, 0.15) is 26.1 Å². The predicted octanol–water partition coefficient (Wildman–Crippen LogP) is 10.5. The smallest absolute Gasteiger partial charge is 0.296 e. The number of phenols is 1. The second kappa shape index (κ2) is 20.5. The van der Waals surface area contributed by atoms with Gasteiger partial charge in [0.25, 0.3) is 50.6 Å². The number of hydrogen-bond donors (Lipinski definition) is 7. The summed E-state index contributed by atoms with van der Waals surface area (Å²) < 4.78 is 170. The third-order valence-electron chi connectivity index (χ3n) is 11.9. The molecule has 9 rings (SSSR count). The number of phenolic OH excluding ortho intramolecular Hbond substituents is 1. The van der Waals surface area contributed by atoms with Crippen LogP contribution in [0.4, 0.5) is 51.2 Å². The summed E-state index contributed by atoms with van der Waals surface area (Å²) in [5, 5.41) is 50.5. The van der Waals surface area contributed by atoms with Crippen LogP contribution in [-0.4, -0.2) is 81.7 Å². The van der Waals surface area contributed by atoms with Crippen LogP contribution < -0.4 is 10.5 Å². The minimum absolute atomic E-state index is 0.0482. The Morgan fingerprint density at radius 2 is 0.962 bits per heavy atom. The summed E-state index contributed by atoms with van der Waals surface area (Å²) in [6, 6.07) is 23.0. The van der Waals surface area contributed by atoms with Crippen LogP contribution >= 0.6 is 0 Å². The molecular formula is C47H37N11O16S5. The number of aromatic hydroxyl groups is 1. The van der Waals surface area contributed by atoms with Gasteiger partial charge in [0.15, 0.2) is 5.75 Å². The highest BCUT2D eigenvalue weighted by Gasteiger charge is 2.35. The lowest BCUT2D eigenvalue weighted by atomic mass is 9.92. The maximum Gasteiger partial charge on any atom is 0.296 e. The number of nitrogens with zero attached hydrogens (tertiary/aromatic N) is 10. The lowest BCUT2D eigenvalue weighted by molar-refractivity contribution is 0.472. The highest BCUT2D eigenvalue weighted by Crippen LogP contribution is 2.44. The van der Waals surface area contributed by atoms with Gasteiger partial charge in [-0.25, -0.2) is 0 Å². The summed E-state index contributed by atoms with van der Waals surface area (Å²) in [4.78, 5) is -4.06. The average Bonchev–Trinajstić information content (AvgIpc) is 3.92. The summed E-state index contributed by atoms with van der Waals surface area (Å²) in [5.41, 5.74) is 6.24. The monoisotopic (exact) mass is 1170 g/mol. The van der Waals surface area contributed by atoms with Crippen molar-refractivity contribution in [2.24, 2.45) is 46.0 Å². The third-order valence-corrected chi connectivity index (χ3v) is 16.2. The van der Waals surface area contributed by atoms with E-state index in [4.69, 9.17) is 0 Å². The average molecular weight is 1170 g/mol. The molecule has 1 heterocycles. The van der Waals surface area contributed by atoms with Crippen LogP contribution in [0.15, 0.2) is 186 Å². The van der Waals surface area contributed by atoms with E-state index in [0.29, 0.717) is 51.6 Å². The molecule has 79 heavy (non-hydrogen) atoms. The molecule has 1 unspecified atom stereocenters. The normalized spacial score (nSPS) is 15.3. The predicted molar refractivity (Wildman–Crippen MR) is 283 cm³/mol. The summed E-state index contributed by atoms with van der Waals surface area (Å²) >= 11 is 0. The van der Waals surface area contributed by atoms with E-state index < -0.39 is 92.5 Å². The SMILES string of the molecule is Cc1cc(N=Nc2ccc(N=Nc3c(S(=O)(=O)O)cc4cc(N5N=C6c7cc(S(=O)(=O)O)cc(S(=O)(=O)O)c7C=CC6N5)ccc4c3O)c(C)c2)ccc1N=Nc1ccc(N=Nc2ccc(S(=O)(=O)O)cc2S(=O)(=O)O)c(C)c1. The first-order valence-electron chi connectivity index (χ1n) is 22.2. The molecule has 7 aromatic rings. The Hall–Kier alpha value is -8.28. The molecule has 0 spiro atoms. The number of anilines is 1. The highest BCUT2D eigenvalue weighted by atomic mass is 32.2. The summed E-state index contributed by atoms with van der Waals surface area (Å²) in [7, 11) is -24.7. The van der Waals surface area contributed by atoms with E-state index in [2.05, 4.69) is 51.4 Å². The van der Waals surface area contributed by atoms with Crippen LogP contribution in [0.3, 0.4) is 0 Å². The zero-order chi connectivity index (χ0) is 57.1. The molecule has 0 fully saturated rings. The molecular weight excluding hydrogens is 1130 g/mol. The van der Waals surface area contributed by atoms with E-state index in [1.165, 1.54) is 47.6 Å². The fourth-order valence-electron chi connectivity index (χ4n) is 8.01. The van der Waals surface area contributed by atoms with Crippen molar-refractivity contribution in [2.45, 2.75) is 51.3 Å². The van der Waals surface area contributed by atoms with Crippen molar-refractivity contribution < 1.29 is 70.0 Å². The largest absolute Gasteiger partial charge is 0.505 e. The molecule has 0 aromatic heterocycles. The number of hydrazone groups is 1. The zero-order valence-electron chi connectivity index (χ0n) is 40.4. The minimum atomic E-state index is -5.06. The van der Waals surface area contributed by atoms with E-state index in [9.17, 15) is 70.0 Å². The van der Waals surface area contributed by atoms with Crippen LogP contribution in [0.5, 0.6) is 5.75 Å². The summed E-state index contributed by atoms with van der Waals surface area (Å²) in [6.45, 7) is 5.12. The number of hydrogen-bond acceptors (Lipinski definition) is 22. The van der Waals surface area contributed by atoms with E-state index >= 15 is 0 Å². The van der Waals surface area contributed by atoms with Crippen molar-refractivity contribution in [3.63, 3.8) is 0 Å². The van der Waals surface area contributed by atoms with E-state index in [0.717, 1.165) is 24.3 Å². The second-order valence-electron chi connectivity index (χ2n) is 17.3. The van der Waals surface area contributed by atoms with Crippen LogP contribution in [0.1, 0.15) is 27.8 Å².